The molecule has 2 unspecified atom stereocenters. The molecule has 122 valence electrons. The molecule has 0 spiro atoms. The number of carbonyl (C=O) groups is 2. The van der Waals surface area contributed by atoms with Crippen LogP contribution >= 0.6 is 0 Å². The van der Waals surface area contributed by atoms with E-state index in [0.717, 1.165) is 0 Å². The van der Waals surface area contributed by atoms with Crippen LogP contribution in [0.1, 0.15) is 27.7 Å². The highest BCUT2D eigenvalue weighted by molar-refractivity contribution is 5.97. The zero-order chi connectivity index (χ0) is 16.4. The second-order valence-corrected chi connectivity index (χ2v) is 6.20. The summed E-state index contributed by atoms with van der Waals surface area (Å²) in [4.78, 5) is 25.5. The fourth-order valence-electron chi connectivity index (χ4n) is 2.32. The van der Waals surface area contributed by atoms with E-state index < -0.39 is 30.3 Å². The van der Waals surface area contributed by atoms with Crippen molar-refractivity contribution in [2.24, 2.45) is 5.41 Å². The number of alkyl halides is 3. The molecular weight excluding hydrogens is 289 g/mol. The van der Waals surface area contributed by atoms with Crippen molar-refractivity contribution < 1.29 is 27.5 Å². The van der Waals surface area contributed by atoms with E-state index in [9.17, 15) is 22.8 Å². The lowest BCUT2D eigenvalue weighted by Crippen LogP contribution is -2.66. The van der Waals surface area contributed by atoms with Crippen LogP contribution < -0.4 is 5.32 Å². The van der Waals surface area contributed by atoms with Crippen molar-refractivity contribution in [3.05, 3.63) is 0 Å². The normalized spacial score (nSPS) is 24.2. The highest BCUT2D eigenvalue weighted by Gasteiger charge is 2.44. The fourth-order valence-corrected chi connectivity index (χ4v) is 2.32. The Bertz CT molecular complexity index is 404. The van der Waals surface area contributed by atoms with Gasteiger partial charge >= 0.3 is 6.18 Å². The first-order valence-electron chi connectivity index (χ1n) is 6.69. The van der Waals surface area contributed by atoms with Gasteiger partial charge in [0, 0.05) is 6.54 Å². The first-order valence-corrected chi connectivity index (χ1v) is 6.69. The van der Waals surface area contributed by atoms with Gasteiger partial charge in [0.05, 0.1) is 6.61 Å². The zero-order valence-electron chi connectivity index (χ0n) is 12.6. The lowest BCUT2D eigenvalue weighted by molar-refractivity contribution is -0.177. The Balaban J connectivity index is 2.73. The standard InChI is InChI=1S/C13H21F3N2O3/c1-8-11(20)18(5-6-21-7-13(14,15)16)9(10(19)17-8)12(2,3)4/h8-9H,5-7H2,1-4H3,(H,17,19). The van der Waals surface area contributed by atoms with Gasteiger partial charge in [-0.3, -0.25) is 9.59 Å². The summed E-state index contributed by atoms with van der Waals surface area (Å²) in [6.07, 6.45) is -4.40. The Morgan fingerprint density at radius 2 is 1.81 bits per heavy atom. The van der Waals surface area contributed by atoms with E-state index in [2.05, 4.69) is 10.1 Å². The molecule has 1 rings (SSSR count). The molecule has 0 aromatic heterocycles. The van der Waals surface area contributed by atoms with Gasteiger partial charge in [-0.25, -0.2) is 0 Å². The van der Waals surface area contributed by atoms with Gasteiger partial charge in [0.25, 0.3) is 0 Å². The summed E-state index contributed by atoms with van der Waals surface area (Å²) in [6, 6.07) is -1.41. The monoisotopic (exact) mass is 310 g/mol. The third-order valence-corrected chi connectivity index (χ3v) is 3.13. The van der Waals surface area contributed by atoms with Gasteiger partial charge in [-0.2, -0.15) is 13.2 Å². The van der Waals surface area contributed by atoms with Crippen LogP contribution in [0.15, 0.2) is 0 Å². The van der Waals surface area contributed by atoms with Crippen LogP contribution in [-0.4, -0.2) is 54.7 Å². The minimum atomic E-state index is -4.40. The molecule has 0 bridgehead atoms. The number of amides is 2. The van der Waals surface area contributed by atoms with Gasteiger partial charge in [-0.15, -0.1) is 0 Å². The largest absolute Gasteiger partial charge is 0.411 e. The number of nitrogens with zero attached hydrogens (tertiary/aromatic N) is 1. The SMILES string of the molecule is CC1NC(=O)C(C(C)(C)C)N(CCOCC(F)(F)F)C1=O. The maximum atomic E-state index is 12.2. The number of hydrogen-bond donors (Lipinski definition) is 1. The summed E-state index contributed by atoms with van der Waals surface area (Å²) in [5.41, 5.74) is -0.524. The van der Waals surface area contributed by atoms with Gasteiger partial charge in [0.2, 0.25) is 11.8 Å². The van der Waals surface area contributed by atoms with Crippen LogP contribution in [0.5, 0.6) is 0 Å². The first-order chi connectivity index (χ1) is 9.43. The molecule has 2 amide bonds. The molecule has 0 aromatic rings. The Morgan fingerprint density at radius 1 is 1.24 bits per heavy atom. The second-order valence-electron chi connectivity index (χ2n) is 6.20. The molecular formula is C13H21F3N2O3. The van der Waals surface area contributed by atoms with Gasteiger partial charge in [0.15, 0.2) is 0 Å². The number of ether oxygens (including phenoxy) is 1. The number of nitrogens with one attached hydrogen (secondary N) is 1. The molecule has 0 radical (unpaired) electrons. The molecule has 1 saturated heterocycles. The zero-order valence-corrected chi connectivity index (χ0v) is 12.6. The molecule has 0 saturated carbocycles. The smallest absolute Gasteiger partial charge is 0.370 e. The predicted octanol–water partition coefficient (Wildman–Crippen LogP) is 1.33. The summed E-state index contributed by atoms with van der Waals surface area (Å²) >= 11 is 0. The van der Waals surface area contributed by atoms with Crippen LogP contribution in [0.4, 0.5) is 13.2 Å². The number of rotatable bonds is 4. The summed E-state index contributed by atoms with van der Waals surface area (Å²) in [5, 5.41) is 2.58. The highest BCUT2D eigenvalue weighted by atomic mass is 19.4. The highest BCUT2D eigenvalue weighted by Crippen LogP contribution is 2.27. The maximum absolute atomic E-state index is 12.2. The van der Waals surface area contributed by atoms with Gasteiger partial charge in [-0.05, 0) is 12.3 Å². The van der Waals surface area contributed by atoms with Gasteiger partial charge in [-0.1, -0.05) is 20.8 Å². The molecule has 0 aliphatic carbocycles. The number of carbonyl (C=O) groups excluding carboxylic acids is 2. The molecule has 21 heavy (non-hydrogen) atoms. The van der Waals surface area contributed by atoms with E-state index in [1.807, 2.05) is 0 Å². The molecule has 1 fully saturated rings. The van der Waals surface area contributed by atoms with Crippen LogP contribution in [0.3, 0.4) is 0 Å². The number of halogens is 3. The van der Waals surface area contributed by atoms with Crippen LogP contribution in [0.2, 0.25) is 0 Å². The molecule has 0 aromatic carbocycles. The van der Waals surface area contributed by atoms with Crippen molar-refractivity contribution in [1.29, 1.82) is 0 Å². The Hall–Kier alpha value is -1.31. The maximum Gasteiger partial charge on any atom is 0.411 e. The van der Waals surface area contributed by atoms with Crippen LogP contribution in [-0.2, 0) is 14.3 Å². The predicted molar refractivity (Wildman–Crippen MR) is 69.4 cm³/mol. The van der Waals surface area contributed by atoms with E-state index in [-0.39, 0.29) is 25.0 Å². The average molecular weight is 310 g/mol. The lowest BCUT2D eigenvalue weighted by Gasteiger charge is -2.44. The molecule has 1 aliphatic heterocycles. The number of hydrogen-bond acceptors (Lipinski definition) is 3. The summed E-state index contributed by atoms with van der Waals surface area (Å²) < 4.78 is 40.6. The van der Waals surface area contributed by atoms with Gasteiger partial charge in [0.1, 0.15) is 18.7 Å². The van der Waals surface area contributed by atoms with Crippen molar-refractivity contribution in [2.45, 2.75) is 46.0 Å². The third-order valence-electron chi connectivity index (χ3n) is 3.13. The number of piperazine rings is 1. The van der Waals surface area contributed by atoms with Crippen molar-refractivity contribution in [3.63, 3.8) is 0 Å². The Labute approximate surface area is 121 Å². The van der Waals surface area contributed by atoms with Crippen molar-refractivity contribution in [3.8, 4) is 0 Å². The fraction of sp³-hybridized carbons (Fsp3) is 0.846. The minimum Gasteiger partial charge on any atom is -0.370 e. The second kappa shape index (κ2) is 6.21. The van der Waals surface area contributed by atoms with Crippen molar-refractivity contribution in [2.75, 3.05) is 19.8 Å². The Kier molecular flexibility index (Phi) is 5.25. The van der Waals surface area contributed by atoms with Crippen LogP contribution in [0.25, 0.3) is 0 Å². The topological polar surface area (TPSA) is 58.6 Å². The first kappa shape index (κ1) is 17.7. The van der Waals surface area contributed by atoms with E-state index in [4.69, 9.17) is 0 Å². The molecule has 1 N–H and O–H groups in total. The summed E-state index contributed by atoms with van der Waals surface area (Å²) in [5.74, 6) is -0.615. The van der Waals surface area contributed by atoms with E-state index >= 15 is 0 Å². The third kappa shape index (κ3) is 4.87. The molecule has 5 nitrogen and oxygen atoms in total. The molecule has 8 heteroatoms. The molecule has 2 atom stereocenters. The van der Waals surface area contributed by atoms with Crippen molar-refractivity contribution in [1.82, 2.24) is 10.2 Å². The summed E-state index contributed by atoms with van der Waals surface area (Å²) in [7, 11) is 0. The van der Waals surface area contributed by atoms with Crippen LogP contribution in [0, 0.1) is 5.41 Å². The van der Waals surface area contributed by atoms with Gasteiger partial charge < -0.3 is 15.0 Å². The van der Waals surface area contributed by atoms with Crippen molar-refractivity contribution >= 4 is 11.8 Å². The average Bonchev–Trinajstić information content (AvgIpc) is 2.27. The summed E-state index contributed by atoms with van der Waals surface area (Å²) in [6.45, 7) is 5.25. The lowest BCUT2D eigenvalue weighted by atomic mass is 9.83. The minimum absolute atomic E-state index is 0.0470. The van der Waals surface area contributed by atoms with E-state index in [0.29, 0.717) is 0 Å². The molecule has 1 aliphatic rings. The van der Waals surface area contributed by atoms with E-state index in [1.165, 1.54) is 4.90 Å². The molecule has 1 heterocycles. The van der Waals surface area contributed by atoms with E-state index in [1.54, 1.807) is 27.7 Å². The Morgan fingerprint density at radius 3 is 2.29 bits per heavy atom. The quantitative estimate of drug-likeness (QED) is 0.797.